The maximum Gasteiger partial charge on any atom is 0.227 e. The normalized spacial score (nSPS) is 11.5. The van der Waals surface area contributed by atoms with Crippen LogP contribution in [0.3, 0.4) is 0 Å². The molecule has 2 aromatic heterocycles. The molecule has 0 aliphatic heterocycles. The predicted molar refractivity (Wildman–Crippen MR) is 211 cm³/mol. The van der Waals surface area contributed by atoms with E-state index in [1.807, 2.05) is 30.3 Å². The summed E-state index contributed by atoms with van der Waals surface area (Å²) in [5.74, 6) is 0.609. The Labute approximate surface area is 295 Å². The summed E-state index contributed by atoms with van der Waals surface area (Å²) < 4.78 is 8.91. The van der Waals surface area contributed by atoms with Gasteiger partial charge < -0.3 is 13.9 Å². The summed E-state index contributed by atoms with van der Waals surface area (Å²) in [5.41, 5.74) is 11.4. The molecule has 0 aliphatic carbocycles. The number of benzene rings is 8. The first kappa shape index (κ1) is 29.0. The molecule has 2 heterocycles. The van der Waals surface area contributed by atoms with Crippen LogP contribution in [0.1, 0.15) is 0 Å². The standard InChI is InChI=1S/C47H31N3O/c1-4-16-32(17-5-1)36-22-12-14-26-42(36)50(35-28-29-39-37-23-13-15-27-43(37)49(44(39)30-35)34-20-8-3-9-21-34)45-31-41-46(40-25-11-10-24-38(40)45)51-47(48-41)33-18-6-2-7-19-33/h1-31H. The van der Waals surface area contributed by atoms with Gasteiger partial charge in [-0.05, 0) is 60.2 Å². The Balaban J connectivity index is 1.29. The molecule has 10 rings (SSSR count). The third-order valence-electron chi connectivity index (χ3n) is 9.80. The lowest BCUT2D eigenvalue weighted by molar-refractivity contribution is 0.623. The fourth-order valence-corrected chi connectivity index (χ4v) is 7.52. The van der Waals surface area contributed by atoms with E-state index in [0.29, 0.717) is 5.89 Å². The minimum absolute atomic E-state index is 0.609. The summed E-state index contributed by atoms with van der Waals surface area (Å²) >= 11 is 0. The van der Waals surface area contributed by atoms with Gasteiger partial charge in [-0.1, -0.05) is 133 Å². The van der Waals surface area contributed by atoms with Gasteiger partial charge >= 0.3 is 0 Å². The first-order chi connectivity index (χ1) is 25.3. The van der Waals surface area contributed by atoms with Crippen molar-refractivity contribution < 1.29 is 4.42 Å². The third-order valence-corrected chi connectivity index (χ3v) is 9.80. The van der Waals surface area contributed by atoms with E-state index in [2.05, 4.69) is 167 Å². The van der Waals surface area contributed by atoms with Crippen LogP contribution in [-0.2, 0) is 0 Å². The summed E-state index contributed by atoms with van der Waals surface area (Å²) in [6.45, 7) is 0. The molecular formula is C47H31N3O. The van der Waals surface area contributed by atoms with E-state index in [4.69, 9.17) is 9.40 Å². The van der Waals surface area contributed by atoms with E-state index in [1.165, 1.54) is 16.3 Å². The van der Waals surface area contributed by atoms with Gasteiger partial charge in [0.25, 0.3) is 0 Å². The summed E-state index contributed by atoms with van der Waals surface area (Å²) in [7, 11) is 0. The second-order valence-corrected chi connectivity index (χ2v) is 12.8. The number of anilines is 3. The monoisotopic (exact) mass is 653 g/mol. The number of rotatable bonds is 6. The molecule has 4 nitrogen and oxygen atoms in total. The van der Waals surface area contributed by atoms with Crippen LogP contribution in [0.25, 0.3) is 71.9 Å². The zero-order valence-corrected chi connectivity index (χ0v) is 27.6. The van der Waals surface area contributed by atoms with Gasteiger partial charge in [0, 0.05) is 44.0 Å². The summed E-state index contributed by atoms with van der Waals surface area (Å²) in [6.07, 6.45) is 0. The van der Waals surface area contributed by atoms with E-state index >= 15 is 0 Å². The fourth-order valence-electron chi connectivity index (χ4n) is 7.52. The van der Waals surface area contributed by atoms with Gasteiger partial charge in [-0.15, -0.1) is 0 Å². The van der Waals surface area contributed by atoms with Crippen LogP contribution in [0.2, 0.25) is 0 Å². The highest BCUT2D eigenvalue weighted by Gasteiger charge is 2.24. The SMILES string of the molecule is c1ccc(-c2nc3cc(N(c4ccc5c6ccccc6n(-c6ccccc6)c5c4)c4ccccc4-c4ccccc4)c4ccccc4c3o2)cc1. The average Bonchev–Trinajstić information content (AvgIpc) is 3.79. The van der Waals surface area contributed by atoms with Gasteiger partial charge in [-0.25, -0.2) is 4.98 Å². The Kier molecular flexibility index (Phi) is 6.78. The van der Waals surface area contributed by atoms with Crippen molar-refractivity contribution in [2.75, 3.05) is 4.90 Å². The van der Waals surface area contributed by atoms with Crippen LogP contribution in [0, 0.1) is 0 Å². The Hall–Kier alpha value is -6.91. The summed E-state index contributed by atoms with van der Waals surface area (Å²) in [5, 5.41) is 4.52. The molecule has 0 N–H and O–H groups in total. The third kappa shape index (κ3) is 4.80. The lowest BCUT2D eigenvalue weighted by Crippen LogP contribution is -2.12. The van der Waals surface area contributed by atoms with Crippen molar-refractivity contribution >= 4 is 60.7 Å². The lowest BCUT2D eigenvalue weighted by atomic mass is 10.00. The van der Waals surface area contributed by atoms with Crippen molar-refractivity contribution in [3.8, 4) is 28.3 Å². The molecule has 4 heteroatoms. The van der Waals surface area contributed by atoms with E-state index in [0.717, 1.165) is 66.8 Å². The highest BCUT2D eigenvalue weighted by molar-refractivity contribution is 6.14. The van der Waals surface area contributed by atoms with Gasteiger partial charge in [-0.2, -0.15) is 0 Å². The van der Waals surface area contributed by atoms with Crippen molar-refractivity contribution in [2.24, 2.45) is 0 Å². The highest BCUT2D eigenvalue weighted by Crippen LogP contribution is 2.47. The number of nitrogens with zero attached hydrogens (tertiary/aromatic N) is 3. The van der Waals surface area contributed by atoms with Crippen LogP contribution in [0.15, 0.2) is 192 Å². The average molecular weight is 654 g/mol. The van der Waals surface area contributed by atoms with Gasteiger partial charge in [0.15, 0.2) is 5.58 Å². The van der Waals surface area contributed by atoms with E-state index in [-0.39, 0.29) is 0 Å². The molecule has 0 aliphatic rings. The minimum Gasteiger partial charge on any atom is -0.435 e. The first-order valence-electron chi connectivity index (χ1n) is 17.2. The Morgan fingerprint density at radius 3 is 1.84 bits per heavy atom. The van der Waals surface area contributed by atoms with Crippen LogP contribution < -0.4 is 4.90 Å². The number of fused-ring (bicyclic) bond motifs is 6. The van der Waals surface area contributed by atoms with Crippen molar-refractivity contribution in [2.45, 2.75) is 0 Å². The highest BCUT2D eigenvalue weighted by atomic mass is 16.3. The molecule has 0 atom stereocenters. The predicted octanol–water partition coefficient (Wildman–Crippen LogP) is 12.9. The van der Waals surface area contributed by atoms with Gasteiger partial charge in [0.2, 0.25) is 5.89 Å². The minimum atomic E-state index is 0.609. The quantitative estimate of drug-likeness (QED) is 0.179. The number of hydrogen-bond acceptors (Lipinski definition) is 3. The first-order valence-corrected chi connectivity index (χ1v) is 17.2. The molecular weight excluding hydrogens is 623 g/mol. The largest absolute Gasteiger partial charge is 0.435 e. The Morgan fingerprint density at radius 2 is 1.06 bits per heavy atom. The topological polar surface area (TPSA) is 34.2 Å². The van der Waals surface area contributed by atoms with Crippen molar-refractivity contribution in [3.63, 3.8) is 0 Å². The number of oxazole rings is 1. The molecule has 0 bridgehead atoms. The number of para-hydroxylation sites is 3. The van der Waals surface area contributed by atoms with Gasteiger partial charge in [0.1, 0.15) is 5.52 Å². The number of aromatic nitrogens is 2. The van der Waals surface area contributed by atoms with E-state index < -0.39 is 0 Å². The maximum absolute atomic E-state index is 6.53. The maximum atomic E-state index is 6.53. The second-order valence-electron chi connectivity index (χ2n) is 12.8. The van der Waals surface area contributed by atoms with Crippen molar-refractivity contribution in [1.82, 2.24) is 9.55 Å². The summed E-state index contributed by atoms with van der Waals surface area (Å²) in [4.78, 5) is 7.48. The van der Waals surface area contributed by atoms with Crippen LogP contribution >= 0.6 is 0 Å². The Bertz CT molecular complexity index is 2850. The number of hydrogen-bond donors (Lipinski definition) is 0. The molecule has 0 radical (unpaired) electrons. The molecule has 51 heavy (non-hydrogen) atoms. The van der Waals surface area contributed by atoms with Crippen molar-refractivity contribution in [3.05, 3.63) is 188 Å². The van der Waals surface area contributed by atoms with Gasteiger partial charge in [-0.3, -0.25) is 0 Å². The second kappa shape index (κ2) is 11.9. The molecule has 0 saturated carbocycles. The lowest BCUT2D eigenvalue weighted by Gasteiger charge is -2.29. The van der Waals surface area contributed by atoms with E-state index in [9.17, 15) is 0 Å². The Morgan fingerprint density at radius 1 is 0.451 bits per heavy atom. The fraction of sp³-hybridized carbons (Fsp3) is 0. The van der Waals surface area contributed by atoms with Crippen LogP contribution in [0.5, 0.6) is 0 Å². The molecule has 10 aromatic rings. The van der Waals surface area contributed by atoms with E-state index in [1.54, 1.807) is 0 Å². The summed E-state index contributed by atoms with van der Waals surface area (Å²) in [6, 6.07) is 66.3. The molecule has 8 aromatic carbocycles. The zero-order chi connectivity index (χ0) is 33.7. The van der Waals surface area contributed by atoms with Crippen molar-refractivity contribution in [1.29, 1.82) is 0 Å². The van der Waals surface area contributed by atoms with Gasteiger partial charge in [0.05, 0.1) is 22.4 Å². The molecule has 0 saturated heterocycles. The van der Waals surface area contributed by atoms with Crippen LogP contribution in [-0.4, -0.2) is 9.55 Å². The molecule has 240 valence electrons. The zero-order valence-electron chi connectivity index (χ0n) is 27.6. The smallest absolute Gasteiger partial charge is 0.227 e. The molecule has 0 unspecified atom stereocenters. The molecule has 0 amide bonds. The molecule has 0 spiro atoms. The molecule has 0 fully saturated rings. The van der Waals surface area contributed by atoms with Crippen LogP contribution in [0.4, 0.5) is 17.1 Å².